The number of aromatic nitrogens is 3. The molecule has 3 N–H and O–H groups in total. The number of hydrogen-bond acceptors (Lipinski definition) is 7. The largest absolute Gasteiger partial charge is 0.433 e. The first kappa shape index (κ1) is 25.2. The van der Waals surface area contributed by atoms with Gasteiger partial charge in [0, 0.05) is 5.39 Å². The number of thiophene rings is 1. The number of nitrogens with one attached hydrogen (secondary N) is 1. The van der Waals surface area contributed by atoms with E-state index in [0.717, 1.165) is 10.7 Å². The SMILES string of the molecule is Cc1c(Br)c([N+](=O)[O-])nn1CC(=O)Nc1c(C(N)=O)sc2nc(C(F)(F)F)cc(-c3ccccc3)c12. The smallest absolute Gasteiger partial charge is 0.365 e. The Labute approximate surface area is 212 Å². The molecule has 0 aliphatic carbocycles. The molecule has 186 valence electrons. The van der Waals surface area contributed by atoms with E-state index in [-0.39, 0.29) is 30.8 Å². The van der Waals surface area contributed by atoms with Crippen molar-refractivity contribution in [3.05, 3.63) is 67.3 Å². The van der Waals surface area contributed by atoms with E-state index < -0.39 is 41.0 Å². The van der Waals surface area contributed by atoms with E-state index >= 15 is 0 Å². The number of nitro groups is 1. The molecule has 3 heterocycles. The Morgan fingerprint density at radius 2 is 1.94 bits per heavy atom. The number of anilines is 1. The molecule has 0 atom stereocenters. The third-order valence-electron chi connectivity index (χ3n) is 5.11. The molecule has 0 saturated carbocycles. The maximum absolute atomic E-state index is 13.6. The molecule has 0 spiro atoms. The van der Waals surface area contributed by atoms with Gasteiger partial charge in [-0.3, -0.25) is 9.59 Å². The van der Waals surface area contributed by atoms with Gasteiger partial charge in [0.2, 0.25) is 5.91 Å². The normalized spacial score (nSPS) is 11.6. The first-order valence-electron chi connectivity index (χ1n) is 9.95. The van der Waals surface area contributed by atoms with Crippen molar-refractivity contribution in [1.29, 1.82) is 0 Å². The van der Waals surface area contributed by atoms with Gasteiger partial charge >= 0.3 is 12.0 Å². The van der Waals surface area contributed by atoms with Crippen LogP contribution in [0.15, 0.2) is 40.9 Å². The number of primary amides is 1. The van der Waals surface area contributed by atoms with Crippen molar-refractivity contribution in [3.8, 4) is 11.1 Å². The fourth-order valence-corrected chi connectivity index (χ4v) is 4.91. The Balaban J connectivity index is 1.85. The number of nitrogens with two attached hydrogens (primary N) is 1. The van der Waals surface area contributed by atoms with Crippen molar-refractivity contribution in [2.24, 2.45) is 5.73 Å². The molecular weight excluding hydrogens is 569 g/mol. The Bertz CT molecular complexity index is 1530. The zero-order valence-corrected chi connectivity index (χ0v) is 20.5. The molecule has 3 aromatic heterocycles. The van der Waals surface area contributed by atoms with Crippen molar-refractivity contribution in [3.63, 3.8) is 0 Å². The Kier molecular flexibility index (Phi) is 6.53. The molecule has 0 fully saturated rings. The summed E-state index contributed by atoms with van der Waals surface area (Å²) in [6, 6.07) is 8.92. The monoisotopic (exact) mass is 582 g/mol. The highest BCUT2D eigenvalue weighted by Gasteiger charge is 2.35. The van der Waals surface area contributed by atoms with Crippen LogP contribution >= 0.6 is 27.3 Å². The van der Waals surface area contributed by atoms with Crippen LogP contribution in [0.5, 0.6) is 0 Å². The van der Waals surface area contributed by atoms with Gasteiger partial charge in [0.05, 0.1) is 16.5 Å². The lowest BCUT2D eigenvalue weighted by Gasteiger charge is -2.12. The number of alkyl halides is 3. The summed E-state index contributed by atoms with van der Waals surface area (Å²) in [6.07, 6.45) is -4.77. The predicted molar refractivity (Wildman–Crippen MR) is 129 cm³/mol. The molecule has 36 heavy (non-hydrogen) atoms. The van der Waals surface area contributed by atoms with Crippen molar-refractivity contribution >= 4 is 60.8 Å². The minimum absolute atomic E-state index is 0.0839. The lowest BCUT2D eigenvalue weighted by atomic mass is 10.0. The van der Waals surface area contributed by atoms with Gasteiger partial charge in [-0.2, -0.15) is 17.9 Å². The van der Waals surface area contributed by atoms with Crippen LogP contribution in [0.1, 0.15) is 21.1 Å². The van der Waals surface area contributed by atoms with Crippen LogP contribution in [0, 0.1) is 17.0 Å². The minimum atomic E-state index is -4.77. The number of carbonyl (C=O) groups excluding carboxylic acids is 2. The van der Waals surface area contributed by atoms with Crippen LogP contribution in [0.4, 0.5) is 24.7 Å². The number of amides is 2. The molecule has 10 nitrogen and oxygen atoms in total. The molecule has 0 saturated heterocycles. The zero-order chi connectivity index (χ0) is 26.4. The van der Waals surface area contributed by atoms with Crippen LogP contribution in [0.2, 0.25) is 0 Å². The summed E-state index contributed by atoms with van der Waals surface area (Å²) in [5.41, 5.74) is 4.96. The van der Waals surface area contributed by atoms with Gasteiger partial charge in [-0.25, -0.2) is 4.98 Å². The summed E-state index contributed by atoms with van der Waals surface area (Å²) in [6.45, 7) is 1.02. The van der Waals surface area contributed by atoms with Crippen LogP contribution in [-0.4, -0.2) is 31.5 Å². The molecular formula is C21H14BrF3N6O4S. The first-order valence-corrected chi connectivity index (χ1v) is 11.6. The molecule has 4 rings (SSSR count). The second-order valence-corrected chi connectivity index (χ2v) is 9.25. The molecule has 1 aromatic carbocycles. The molecule has 0 unspecified atom stereocenters. The second kappa shape index (κ2) is 9.31. The first-order chi connectivity index (χ1) is 16.9. The van der Waals surface area contributed by atoms with Gasteiger partial charge in [0.15, 0.2) is 0 Å². The van der Waals surface area contributed by atoms with Crippen molar-refractivity contribution < 1.29 is 27.7 Å². The summed E-state index contributed by atoms with van der Waals surface area (Å²) in [5, 5.41) is 17.5. The molecule has 0 aliphatic rings. The maximum Gasteiger partial charge on any atom is 0.433 e. The van der Waals surface area contributed by atoms with Crippen LogP contribution < -0.4 is 11.1 Å². The van der Waals surface area contributed by atoms with E-state index in [1.807, 2.05) is 0 Å². The van der Waals surface area contributed by atoms with Crippen LogP contribution in [-0.2, 0) is 17.5 Å². The molecule has 0 bridgehead atoms. The highest BCUT2D eigenvalue weighted by atomic mass is 79.9. The molecule has 15 heteroatoms. The minimum Gasteiger partial charge on any atom is -0.365 e. The van der Waals surface area contributed by atoms with Crippen LogP contribution in [0.3, 0.4) is 0 Å². The highest BCUT2D eigenvalue weighted by molar-refractivity contribution is 9.10. The fourth-order valence-electron chi connectivity index (χ4n) is 3.48. The molecule has 4 aromatic rings. The summed E-state index contributed by atoms with van der Waals surface area (Å²) >= 11 is 3.67. The average Bonchev–Trinajstić information content (AvgIpc) is 3.31. The van der Waals surface area contributed by atoms with Crippen LogP contribution in [0.25, 0.3) is 21.3 Å². The van der Waals surface area contributed by atoms with E-state index in [1.54, 1.807) is 30.3 Å². The van der Waals surface area contributed by atoms with Gasteiger partial charge in [-0.15, -0.1) is 11.3 Å². The van der Waals surface area contributed by atoms with Crippen molar-refractivity contribution in [2.75, 3.05) is 5.32 Å². The zero-order valence-electron chi connectivity index (χ0n) is 18.1. The van der Waals surface area contributed by atoms with Gasteiger partial charge in [0.25, 0.3) is 5.91 Å². The summed E-state index contributed by atoms with van der Waals surface area (Å²) in [5.74, 6) is -2.21. The topological polar surface area (TPSA) is 146 Å². The summed E-state index contributed by atoms with van der Waals surface area (Å²) < 4.78 is 41.9. The Morgan fingerprint density at radius 3 is 2.50 bits per heavy atom. The molecule has 2 amide bonds. The van der Waals surface area contributed by atoms with E-state index in [0.29, 0.717) is 22.6 Å². The predicted octanol–water partition coefficient (Wildman–Crippen LogP) is 4.90. The van der Waals surface area contributed by atoms with Gasteiger partial charge < -0.3 is 21.2 Å². The number of carbonyl (C=O) groups is 2. The van der Waals surface area contributed by atoms with E-state index in [2.05, 4.69) is 31.3 Å². The molecule has 0 aliphatic heterocycles. The Hall–Kier alpha value is -3.85. The number of benzene rings is 1. The lowest BCUT2D eigenvalue weighted by Crippen LogP contribution is -2.22. The number of fused-ring (bicyclic) bond motifs is 1. The maximum atomic E-state index is 13.6. The van der Waals surface area contributed by atoms with E-state index in [9.17, 15) is 32.9 Å². The number of pyridine rings is 1. The third-order valence-corrected chi connectivity index (χ3v) is 7.14. The quantitative estimate of drug-likeness (QED) is 0.244. The number of hydrogen-bond donors (Lipinski definition) is 2. The highest BCUT2D eigenvalue weighted by Crippen LogP contribution is 2.43. The second-order valence-electron chi connectivity index (χ2n) is 7.46. The number of nitrogens with zero attached hydrogens (tertiary/aromatic N) is 4. The lowest BCUT2D eigenvalue weighted by molar-refractivity contribution is -0.390. The number of halogens is 4. The van der Waals surface area contributed by atoms with Crippen molar-refractivity contribution in [2.45, 2.75) is 19.6 Å². The van der Waals surface area contributed by atoms with Crippen molar-refractivity contribution in [1.82, 2.24) is 14.8 Å². The summed E-state index contributed by atoms with van der Waals surface area (Å²) in [7, 11) is 0. The number of rotatable bonds is 6. The fraction of sp³-hybridized carbons (Fsp3) is 0.143. The van der Waals surface area contributed by atoms with Gasteiger partial charge in [0.1, 0.15) is 26.4 Å². The summed E-state index contributed by atoms with van der Waals surface area (Å²) in [4.78, 5) is 38.8. The molecule has 0 radical (unpaired) electrons. The third kappa shape index (κ3) is 4.66. The van der Waals surface area contributed by atoms with Gasteiger partial charge in [-0.05, 0) is 45.0 Å². The van der Waals surface area contributed by atoms with Gasteiger partial charge in [-0.1, -0.05) is 30.3 Å². The average molecular weight is 583 g/mol. The van der Waals surface area contributed by atoms with E-state index in [4.69, 9.17) is 5.73 Å². The Morgan fingerprint density at radius 1 is 1.28 bits per heavy atom. The van der Waals surface area contributed by atoms with E-state index in [1.165, 1.54) is 6.92 Å². The standard InChI is InChI=1S/C21H14BrF3N6O4S/c1-9-15(22)19(31(34)35)29-30(9)8-13(32)28-16-14-11(10-5-3-2-4-6-10)7-12(21(23,24)25)27-20(14)36-17(16)18(26)33/h2-7H,8H2,1H3,(H2,26,33)(H,28,32).